The number of carbonyl (C=O) groups excluding carboxylic acids is 1. The number of carbonyl (C=O) groups is 1. The smallest absolute Gasteiger partial charge is 0.253 e. The molecule has 29 heavy (non-hydrogen) atoms. The van der Waals surface area contributed by atoms with Crippen molar-refractivity contribution in [1.29, 1.82) is 0 Å². The molecule has 0 unspecified atom stereocenters. The van der Waals surface area contributed by atoms with Crippen LogP contribution in [-0.2, 0) is 13.6 Å². The lowest BCUT2D eigenvalue weighted by atomic mass is 10.0. The Morgan fingerprint density at radius 3 is 2.72 bits per heavy atom. The van der Waals surface area contributed by atoms with Crippen molar-refractivity contribution in [3.05, 3.63) is 93.4 Å². The summed E-state index contributed by atoms with van der Waals surface area (Å²) in [5, 5.41) is 6.81. The van der Waals surface area contributed by atoms with Crippen molar-refractivity contribution in [2.24, 2.45) is 7.05 Å². The fraction of sp³-hybridized carbons (Fsp3) is 0.0909. The molecule has 0 bridgehead atoms. The normalized spacial score (nSPS) is 10.7. The van der Waals surface area contributed by atoms with Crippen LogP contribution in [0.4, 0.5) is 0 Å². The zero-order valence-corrected chi connectivity index (χ0v) is 16.5. The van der Waals surface area contributed by atoms with Gasteiger partial charge in [0.2, 0.25) is 0 Å². The summed E-state index contributed by atoms with van der Waals surface area (Å²) < 4.78 is 1.41. The zero-order valence-electron chi connectivity index (χ0n) is 15.7. The number of aryl methyl sites for hydroxylation is 1. The summed E-state index contributed by atoms with van der Waals surface area (Å²) in [5.41, 5.74) is 4.42. The minimum atomic E-state index is -0.244. The summed E-state index contributed by atoms with van der Waals surface area (Å²) >= 11 is 1.52. The van der Waals surface area contributed by atoms with Crippen molar-refractivity contribution in [3.63, 3.8) is 0 Å². The molecule has 0 aliphatic rings. The quantitative estimate of drug-likeness (QED) is 0.554. The van der Waals surface area contributed by atoms with E-state index in [0.717, 1.165) is 22.4 Å². The Hall–Kier alpha value is -3.58. The highest BCUT2D eigenvalue weighted by Gasteiger charge is 2.16. The fourth-order valence-electron chi connectivity index (χ4n) is 3.09. The minimum absolute atomic E-state index is 0.157. The average Bonchev–Trinajstić information content (AvgIpc) is 3.29. The number of pyridine rings is 3. The summed E-state index contributed by atoms with van der Waals surface area (Å²) in [6, 6.07) is 11.0. The van der Waals surface area contributed by atoms with E-state index < -0.39 is 0 Å². The number of hydrogen-bond donors (Lipinski definition) is 1. The molecule has 0 saturated heterocycles. The van der Waals surface area contributed by atoms with E-state index in [1.54, 1.807) is 31.8 Å². The van der Waals surface area contributed by atoms with Crippen LogP contribution in [0.15, 0.2) is 76.7 Å². The standard InChI is InChI=1S/C22H18N4O2S/c1-26-13-19(18(11-20(26)27)17-6-10-29-14-17)22(28)25-12-16-3-2-7-24-21(16)15-4-8-23-9-5-15/h2-11,13-14H,12H2,1H3,(H,25,28). The Labute approximate surface area is 171 Å². The highest BCUT2D eigenvalue weighted by molar-refractivity contribution is 7.08. The second-order valence-corrected chi connectivity index (χ2v) is 7.27. The van der Waals surface area contributed by atoms with Gasteiger partial charge in [-0.05, 0) is 46.2 Å². The predicted molar refractivity (Wildman–Crippen MR) is 114 cm³/mol. The molecule has 144 valence electrons. The number of aromatic nitrogens is 3. The minimum Gasteiger partial charge on any atom is -0.348 e. The summed E-state index contributed by atoms with van der Waals surface area (Å²) in [5.74, 6) is -0.244. The number of nitrogens with zero attached hydrogens (tertiary/aromatic N) is 3. The first-order valence-corrected chi connectivity index (χ1v) is 9.93. The molecule has 0 radical (unpaired) electrons. The van der Waals surface area contributed by atoms with E-state index >= 15 is 0 Å². The van der Waals surface area contributed by atoms with Crippen LogP contribution in [0.25, 0.3) is 22.4 Å². The van der Waals surface area contributed by atoms with Crippen molar-refractivity contribution in [1.82, 2.24) is 19.9 Å². The third kappa shape index (κ3) is 4.00. The fourth-order valence-corrected chi connectivity index (χ4v) is 3.74. The molecule has 0 fully saturated rings. The third-order valence-corrected chi connectivity index (χ3v) is 5.27. The van der Waals surface area contributed by atoms with E-state index in [9.17, 15) is 9.59 Å². The molecule has 0 aromatic carbocycles. The van der Waals surface area contributed by atoms with Gasteiger partial charge in [-0.15, -0.1) is 0 Å². The van der Waals surface area contributed by atoms with Gasteiger partial charge in [-0.25, -0.2) is 0 Å². The van der Waals surface area contributed by atoms with E-state index in [-0.39, 0.29) is 11.5 Å². The van der Waals surface area contributed by atoms with E-state index in [4.69, 9.17) is 0 Å². The molecule has 7 heteroatoms. The molecular weight excluding hydrogens is 384 g/mol. The van der Waals surface area contributed by atoms with E-state index in [2.05, 4.69) is 15.3 Å². The molecule has 4 rings (SSSR count). The maximum absolute atomic E-state index is 13.0. The van der Waals surface area contributed by atoms with Gasteiger partial charge in [0.1, 0.15) is 0 Å². The van der Waals surface area contributed by atoms with Gasteiger partial charge in [-0.1, -0.05) is 6.07 Å². The van der Waals surface area contributed by atoms with Crippen molar-refractivity contribution in [2.45, 2.75) is 6.54 Å². The van der Waals surface area contributed by atoms with E-state index in [0.29, 0.717) is 17.7 Å². The Bertz CT molecular complexity index is 1200. The molecule has 0 atom stereocenters. The van der Waals surface area contributed by atoms with E-state index in [1.165, 1.54) is 22.0 Å². The van der Waals surface area contributed by atoms with Gasteiger partial charge < -0.3 is 9.88 Å². The van der Waals surface area contributed by atoms with Crippen molar-refractivity contribution in [3.8, 4) is 22.4 Å². The number of amides is 1. The zero-order chi connectivity index (χ0) is 20.2. The third-order valence-electron chi connectivity index (χ3n) is 4.59. The molecule has 4 aromatic rings. The van der Waals surface area contributed by atoms with Crippen LogP contribution in [0.3, 0.4) is 0 Å². The van der Waals surface area contributed by atoms with Crippen molar-refractivity contribution < 1.29 is 4.79 Å². The van der Waals surface area contributed by atoms with Gasteiger partial charge in [0.05, 0.1) is 11.3 Å². The summed E-state index contributed by atoms with van der Waals surface area (Å²) in [6.45, 7) is 0.316. The average molecular weight is 402 g/mol. The van der Waals surface area contributed by atoms with Crippen LogP contribution >= 0.6 is 11.3 Å². The Balaban J connectivity index is 1.63. The molecule has 4 aromatic heterocycles. The molecule has 0 saturated carbocycles. The maximum Gasteiger partial charge on any atom is 0.253 e. The van der Waals surface area contributed by atoms with Crippen LogP contribution in [-0.4, -0.2) is 20.4 Å². The Morgan fingerprint density at radius 1 is 1.14 bits per heavy atom. The van der Waals surface area contributed by atoms with Crippen LogP contribution in [0.1, 0.15) is 15.9 Å². The Morgan fingerprint density at radius 2 is 1.97 bits per heavy atom. The van der Waals surface area contributed by atoms with Gasteiger partial charge in [-0.3, -0.25) is 19.6 Å². The van der Waals surface area contributed by atoms with Gasteiger partial charge in [0.25, 0.3) is 11.5 Å². The monoisotopic (exact) mass is 402 g/mol. The lowest BCUT2D eigenvalue weighted by Gasteiger charge is -2.13. The second-order valence-electron chi connectivity index (χ2n) is 6.49. The van der Waals surface area contributed by atoms with Crippen LogP contribution in [0, 0.1) is 0 Å². The van der Waals surface area contributed by atoms with Gasteiger partial charge in [0.15, 0.2) is 0 Å². The van der Waals surface area contributed by atoms with Crippen LogP contribution < -0.4 is 10.9 Å². The molecule has 0 spiro atoms. The molecule has 0 aliphatic heterocycles. The molecule has 6 nitrogen and oxygen atoms in total. The largest absolute Gasteiger partial charge is 0.348 e. The Kier molecular flexibility index (Phi) is 5.31. The second kappa shape index (κ2) is 8.20. The number of nitrogens with one attached hydrogen (secondary N) is 1. The van der Waals surface area contributed by atoms with Crippen molar-refractivity contribution in [2.75, 3.05) is 0 Å². The lowest BCUT2D eigenvalue weighted by molar-refractivity contribution is 0.0951. The van der Waals surface area contributed by atoms with Gasteiger partial charge >= 0.3 is 0 Å². The number of hydrogen-bond acceptors (Lipinski definition) is 5. The first-order chi connectivity index (χ1) is 14.1. The first-order valence-electron chi connectivity index (χ1n) is 8.99. The topological polar surface area (TPSA) is 76.9 Å². The molecular formula is C22H18N4O2S. The highest BCUT2D eigenvalue weighted by atomic mass is 32.1. The van der Waals surface area contributed by atoms with Gasteiger partial charge in [-0.2, -0.15) is 11.3 Å². The summed E-state index contributed by atoms with van der Waals surface area (Å²) in [4.78, 5) is 33.6. The summed E-state index contributed by atoms with van der Waals surface area (Å²) in [6.07, 6.45) is 6.73. The van der Waals surface area contributed by atoms with Crippen molar-refractivity contribution >= 4 is 17.2 Å². The SMILES string of the molecule is Cn1cc(C(=O)NCc2cccnc2-c2ccncc2)c(-c2ccsc2)cc1=O. The van der Waals surface area contributed by atoms with Crippen LogP contribution in [0.5, 0.6) is 0 Å². The van der Waals surface area contributed by atoms with E-state index in [1.807, 2.05) is 41.1 Å². The molecule has 1 N–H and O–H groups in total. The highest BCUT2D eigenvalue weighted by Crippen LogP contribution is 2.25. The number of rotatable bonds is 5. The number of thiophene rings is 1. The molecule has 0 aliphatic carbocycles. The first kappa shape index (κ1) is 18.8. The predicted octanol–water partition coefficient (Wildman–Crippen LogP) is 3.50. The molecule has 4 heterocycles. The summed E-state index contributed by atoms with van der Waals surface area (Å²) in [7, 11) is 1.64. The van der Waals surface area contributed by atoms with Crippen LogP contribution in [0.2, 0.25) is 0 Å². The molecule has 1 amide bonds. The lowest BCUT2D eigenvalue weighted by Crippen LogP contribution is -2.27. The van der Waals surface area contributed by atoms with Gasteiger partial charge in [0, 0.05) is 55.6 Å². The maximum atomic E-state index is 13.0.